The van der Waals surface area contributed by atoms with Gasteiger partial charge >= 0.3 is 0 Å². The predicted octanol–water partition coefficient (Wildman–Crippen LogP) is 3.14. The molecule has 0 aromatic heterocycles. The van der Waals surface area contributed by atoms with Gasteiger partial charge in [0.2, 0.25) is 0 Å². The zero-order chi connectivity index (χ0) is 10.7. The summed E-state index contributed by atoms with van der Waals surface area (Å²) in [5.74, 6) is 0.661. The van der Waals surface area contributed by atoms with E-state index in [1.165, 1.54) is 31.2 Å². The molecule has 0 amide bonds. The van der Waals surface area contributed by atoms with Crippen molar-refractivity contribution in [1.82, 2.24) is 0 Å². The Labute approximate surface area is 92.7 Å². The van der Waals surface area contributed by atoms with Gasteiger partial charge in [0.05, 0.1) is 0 Å². The Morgan fingerprint density at radius 2 is 2.00 bits per heavy atom. The minimum Gasteiger partial charge on any atom is -0.325 e. The molecule has 15 heavy (non-hydrogen) atoms. The van der Waals surface area contributed by atoms with Gasteiger partial charge in [-0.3, -0.25) is 0 Å². The zero-order valence-electron chi connectivity index (χ0n) is 9.58. The molecule has 82 valence electrons. The summed E-state index contributed by atoms with van der Waals surface area (Å²) in [6.45, 7) is 2.22. The smallest absolute Gasteiger partial charge is 0.0157 e. The molecule has 2 rings (SSSR count). The van der Waals surface area contributed by atoms with Crippen LogP contribution in [-0.4, -0.2) is 5.54 Å². The van der Waals surface area contributed by atoms with Crippen LogP contribution in [0.3, 0.4) is 0 Å². The predicted molar refractivity (Wildman–Crippen MR) is 64.7 cm³/mol. The molecule has 1 aliphatic rings. The number of hydrogen-bond donors (Lipinski definition) is 1. The van der Waals surface area contributed by atoms with Crippen LogP contribution in [0.15, 0.2) is 30.3 Å². The van der Waals surface area contributed by atoms with E-state index in [0.717, 1.165) is 6.42 Å². The van der Waals surface area contributed by atoms with Gasteiger partial charge in [-0.25, -0.2) is 0 Å². The highest BCUT2D eigenvalue weighted by Crippen LogP contribution is 2.33. The van der Waals surface area contributed by atoms with Crippen molar-refractivity contribution in [3.8, 4) is 0 Å². The third-order valence-corrected chi connectivity index (χ3v) is 3.78. The average Bonchev–Trinajstić information content (AvgIpc) is 2.23. The number of rotatable bonds is 2. The Kier molecular flexibility index (Phi) is 3.11. The van der Waals surface area contributed by atoms with Crippen LogP contribution in [0.5, 0.6) is 0 Å². The van der Waals surface area contributed by atoms with E-state index in [0.29, 0.717) is 5.92 Å². The Balaban J connectivity index is 2.05. The van der Waals surface area contributed by atoms with Crippen LogP contribution in [0.1, 0.15) is 38.2 Å². The van der Waals surface area contributed by atoms with Crippen LogP contribution in [0, 0.1) is 5.92 Å². The lowest BCUT2D eigenvalue weighted by Gasteiger charge is -2.38. The average molecular weight is 203 g/mol. The summed E-state index contributed by atoms with van der Waals surface area (Å²) < 4.78 is 0. The molecule has 0 spiro atoms. The van der Waals surface area contributed by atoms with Gasteiger partial charge in [-0.15, -0.1) is 0 Å². The van der Waals surface area contributed by atoms with E-state index in [1.807, 2.05) is 0 Å². The fourth-order valence-corrected chi connectivity index (χ4v) is 2.66. The van der Waals surface area contributed by atoms with Crippen molar-refractivity contribution in [2.24, 2.45) is 11.7 Å². The lowest BCUT2D eigenvalue weighted by Crippen LogP contribution is -2.47. The maximum absolute atomic E-state index is 6.37. The lowest BCUT2D eigenvalue weighted by atomic mass is 9.72. The number of nitrogens with two attached hydrogens (primary N) is 1. The quantitative estimate of drug-likeness (QED) is 0.785. The molecule has 2 unspecified atom stereocenters. The Hall–Kier alpha value is -0.820. The van der Waals surface area contributed by atoms with Gasteiger partial charge in [0.25, 0.3) is 0 Å². The first-order chi connectivity index (χ1) is 7.18. The van der Waals surface area contributed by atoms with Gasteiger partial charge in [-0.1, -0.05) is 43.2 Å². The maximum Gasteiger partial charge on any atom is 0.0157 e. The molecule has 1 nitrogen and oxygen atoms in total. The number of benzene rings is 1. The van der Waals surface area contributed by atoms with Gasteiger partial charge in [-0.2, -0.15) is 0 Å². The molecule has 0 aliphatic heterocycles. The molecule has 0 bridgehead atoms. The molecule has 1 aromatic carbocycles. The lowest BCUT2D eigenvalue weighted by molar-refractivity contribution is 0.207. The largest absolute Gasteiger partial charge is 0.325 e. The first kappa shape index (κ1) is 10.7. The first-order valence-electron chi connectivity index (χ1n) is 6.01. The highest BCUT2D eigenvalue weighted by Gasteiger charge is 2.32. The molecule has 0 heterocycles. The third kappa shape index (κ3) is 2.60. The fourth-order valence-electron chi connectivity index (χ4n) is 2.66. The summed E-state index contributed by atoms with van der Waals surface area (Å²) >= 11 is 0. The van der Waals surface area contributed by atoms with E-state index in [4.69, 9.17) is 5.73 Å². The van der Waals surface area contributed by atoms with Crippen molar-refractivity contribution in [3.05, 3.63) is 35.9 Å². The molecule has 0 saturated heterocycles. The first-order valence-corrected chi connectivity index (χ1v) is 6.01. The summed E-state index contributed by atoms with van der Waals surface area (Å²) in [7, 11) is 0. The Morgan fingerprint density at radius 3 is 2.67 bits per heavy atom. The van der Waals surface area contributed by atoms with Crippen molar-refractivity contribution < 1.29 is 0 Å². The van der Waals surface area contributed by atoms with Gasteiger partial charge in [0.15, 0.2) is 0 Å². The maximum atomic E-state index is 6.37. The molecule has 2 atom stereocenters. The van der Waals surface area contributed by atoms with E-state index in [9.17, 15) is 0 Å². The fraction of sp³-hybridized carbons (Fsp3) is 0.571. The second-order valence-electron chi connectivity index (χ2n) is 5.14. The van der Waals surface area contributed by atoms with Gasteiger partial charge in [-0.05, 0) is 37.7 Å². The standard InChI is InChI=1S/C14H21N/c1-14(15)10-6-5-9-13(14)11-12-7-3-2-4-8-12/h2-4,7-8,13H,5-6,9-11,15H2,1H3. The van der Waals surface area contributed by atoms with Crippen LogP contribution >= 0.6 is 0 Å². The molecule has 1 aromatic rings. The van der Waals surface area contributed by atoms with Crippen LogP contribution in [-0.2, 0) is 6.42 Å². The van der Waals surface area contributed by atoms with Crippen molar-refractivity contribution in [3.63, 3.8) is 0 Å². The second kappa shape index (κ2) is 4.36. The number of hydrogen-bond acceptors (Lipinski definition) is 1. The molecule has 1 saturated carbocycles. The molecule has 1 fully saturated rings. The summed E-state index contributed by atoms with van der Waals surface area (Å²) in [5.41, 5.74) is 7.85. The van der Waals surface area contributed by atoms with Gasteiger partial charge < -0.3 is 5.73 Å². The van der Waals surface area contributed by atoms with Crippen molar-refractivity contribution >= 4 is 0 Å². The molecular weight excluding hydrogens is 182 g/mol. The summed E-state index contributed by atoms with van der Waals surface area (Å²) in [6.07, 6.45) is 6.28. The molecule has 2 N–H and O–H groups in total. The highest BCUT2D eigenvalue weighted by atomic mass is 14.7. The van der Waals surface area contributed by atoms with E-state index >= 15 is 0 Å². The van der Waals surface area contributed by atoms with E-state index < -0.39 is 0 Å². The Bertz CT molecular complexity index is 302. The second-order valence-corrected chi connectivity index (χ2v) is 5.14. The normalized spacial score (nSPS) is 31.5. The zero-order valence-corrected chi connectivity index (χ0v) is 9.58. The monoisotopic (exact) mass is 203 g/mol. The summed E-state index contributed by atoms with van der Waals surface area (Å²) in [5, 5.41) is 0. The van der Waals surface area contributed by atoms with E-state index in [2.05, 4.69) is 37.3 Å². The van der Waals surface area contributed by atoms with Crippen molar-refractivity contribution in [1.29, 1.82) is 0 Å². The van der Waals surface area contributed by atoms with Gasteiger partial charge in [0, 0.05) is 5.54 Å². The minimum absolute atomic E-state index is 0.0497. The van der Waals surface area contributed by atoms with Crippen molar-refractivity contribution in [2.45, 2.75) is 44.6 Å². The van der Waals surface area contributed by atoms with Crippen molar-refractivity contribution in [2.75, 3.05) is 0 Å². The molecular formula is C14H21N. The molecule has 1 heteroatoms. The minimum atomic E-state index is 0.0497. The van der Waals surface area contributed by atoms with Crippen LogP contribution in [0.25, 0.3) is 0 Å². The van der Waals surface area contributed by atoms with Crippen LogP contribution < -0.4 is 5.73 Å². The third-order valence-electron chi connectivity index (χ3n) is 3.78. The summed E-state index contributed by atoms with van der Waals surface area (Å²) in [6, 6.07) is 10.7. The Morgan fingerprint density at radius 1 is 1.27 bits per heavy atom. The van der Waals surface area contributed by atoms with E-state index in [-0.39, 0.29) is 5.54 Å². The van der Waals surface area contributed by atoms with Crippen LogP contribution in [0.2, 0.25) is 0 Å². The van der Waals surface area contributed by atoms with Crippen LogP contribution in [0.4, 0.5) is 0 Å². The summed E-state index contributed by atoms with van der Waals surface area (Å²) in [4.78, 5) is 0. The molecule has 0 radical (unpaired) electrons. The SMILES string of the molecule is CC1(N)CCCCC1Cc1ccccc1. The molecule has 1 aliphatic carbocycles. The highest BCUT2D eigenvalue weighted by molar-refractivity contribution is 5.16. The van der Waals surface area contributed by atoms with E-state index in [1.54, 1.807) is 0 Å². The van der Waals surface area contributed by atoms with Gasteiger partial charge in [0.1, 0.15) is 0 Å². The topological polar surface area (TPSA) is 26.0 Å².